The molecule has 0 aliphatic rings. The lowest BCUT2D eigenvalue weighted by atomic mass is 10.1. The molecular weight excluding hydrogens is 215 g/mol. The minimum atomic E-state index is -1.03. The van der Waals surface area contributed by atoms with Gasteiger partial charge in [0, 0.05) is 11.6 Å². The second-order valence-corrected chi connectivity index (χ2v) is 3.28. The summed E-state index contributed by atoms with van der Waals surface area (Å²) in [4.78, 5) is 10.3. The Morgan fingerprint density at radius 1 is 1.31 bits per heavy atom. The van der Waals surface area contributed by atoms with Crippen LogP contribution in [0.2, 0.25) is 10.0 Å². The van der Waals surface area contributed by atoms with Crippen molar-refractivity contribution in [3.63, 3.8) is 0 Å². The van der Waals surface area contributed by atoms with Crippen LogP contribution in [0.5, 0.6) is 5.75 Å². The molecule has 0 fully saturated rings. The molecule has 0 aliphatic heterocycles. The summed E-state index contributed by atoms with van der Waals surface area (Å²) in [5.74, 6) is -1.19. The van der Waals surface area contributed by atoms with Gasteiger partial charge in [0.1, 0.15) is 5.75 Å². The van der Waals surface area contributed by atoms with Gasteiger partial charge in [-0.3, -0.25) is 4.79 Å². The van der Waals surface area contributed by atoms with E-state index in [2.05, 4.69) is 0 Å². The average molecular weight is 221 g/mol. The standard InChI is InChI=1S/C8H6Cl2O3/c9-5-1-4(2-8(12)13)7(11)3-6(5)10/h1,3,11H,2H2,(H,12,13). The van der Waals surface area contributed by atoms with Gasteiger partial charge in [-0.25, -0.2) is 0 Å². The molecule has 0 saturated carbocycles. The highest BCUT2D eigenvalue weighted by atomic mass is 35.5. The van der Waals surface area contributed by atoms with Gasteiger partial charge >= 0.3 is 5.97 Å². The summed E-state index contributed by atoms with van der Waals surface area (Å²) in [6, 6.07) is 2.56. The number of halogens is 2. The molecule has 0 spiro atoms. The van der Waals surface area contributed by atoms with Gasteiger partial charge in [0.2, 0.25) is 0 Å². The highest BCUT2D eigenvalue weighted by Gasteiger charge is 2.09. The Bertz CT molecular complexity index is 349. The summed E-state index contributed by atoms with van der Waals surface area (Å²) in [5.41, 5.74) is 0.252. The Morgan fingerprint density at radius 2 is 1.85 bits per heavy atom. The Labute approximate surface area is 84.5 Å². The lowest BCUT2D eigenvalue weighted by Gasteiger charge is -2.03. The van der Waals surface area contributed by atoms with E-state index >= 15 is 0 Å². The van der Waals surface area contributed by atoms with Crippen molar-refractivity contribution in [2.24, 2.45) is 0 Å². The fourth-order valence-electron chi connectivity index (χ4n) is 0.882. The fraction of sp³-hybridized carbons (Fsp3) is 0.125. The van der Waals surface area contributed by atoms with Crippen molar-refractivity contribution in [1.82, 2.24) is 0 Å². The number of benzene rings is 1. The minimum absolute atomic E-state index is 0.156. The lowest BCUT2D eigenvalue weighted by Crippen LogP contribution is -2.00. The van der Waals surface area contributed by atoms with Crippen LogP contribution in [0.1, 0.15) is 5.56 Å². The number of aromatic hydroxyl groups is 1. The predicted molar refractivity (Wildman–Crippen MR) is 49.5 cm³/mol. The Balaban J connectivity index is 3.08. The summed E-state index contributed by atoms with van der Waals surface area (Å²) >= 11 is 11.2. The zero-order valence-electron chi connectivity index (χ0n) is 6.42. The van der Waals surface area contributed by atoms with Crippen molar-refractivity contribution in [1.29, 1.82) is 0 Å². The Kier molecular flexibility index (Phi) is 3.01. The molecule has 0 unspecified atom stereocenters. The van der Waals surface area contributed by atoms with E-state index in [1.807, 2.05) is 0 Å². The van der Waals surface area contributed by atoms with Crippen LogP contribution in [0.25, 0.3) is 0 Å². The smallest absolute Gasteiger partial charge is 0.307 e. The molecule has 1 rings (SSSR count). The molecule has 0 amide bonds. The highest BCUT2D eigenvalue weighted by Crippen LogP contribution is 2.29. The second kappa shape index (κ2) is 3.85. The van der Waals surface area contributed by atoms with E-state index in [0.717, 1.165) is 0 Å². The van der Waals surface area contributed by atoms with Crippen molar-refractivity contribution < 1.29 is 15.0 Å². The number of carboxylic acid groups (broad SMARTS) is 1. The molecule has 70 valence electrons. The van der Waals surface area contributed by atoms with E-state index in [-0.39, 0.29) is 27.8 Å². The van der Waals surface area contributed by atoms with E-state index in [1.54, 1.807) is 0 Å². The molecule has 1 aromatic rings. The SMILES string of the molecule is O=C(O)Cc1cc(Cl)c(Cl)cc1O. The van der Waals surface area contributed by atoms with Crippen molar-refractivity contribution >= 4 is 29.2 Å². The molecular formula is C8H6Cl2O3. The Morgan fingerprint density at radius 3 is 2.38 bits per heavy atom. The molecule has 13 heavy (non-hydrogen) atoms. The number of phenols is 1. The topological polar surface area (TPSA) is 57.5 Å². The summed E-state index contributed by atoms with van der Waals surface area (Å²) in [6.07, 6.45) is -0.275. The number of carboxylic acids is 1. The molecule has 0 atom stereocenters. The van der Waals surface area contributed by atoms with Gasteiger partial charge in [0.05, 0.1) is 16.5 Å². The number of hydrogen-bond donors (Lipinski definition) is 2. The molecule has 0 saturated heterocycles. The van der Waals surface area contributed by atoms with Gasteiger partial charge in [-0.15, -0.1) is 0 Å². The quantitative estimate of drug-likeness (QED) is 0.805. The van der Waals surface area contributed by atoms with Gasteiger partial charge in [-0.1, -0.05) is 23.2 Å². The third-order valence-electron chi connectivity index (χ3n) is 1.46. The highest BCUT2D eigenvalue weighted by molar-refractivity contribution is 6.42. The maximum Gasteiger partial charge on any atom is 0.307 e. The molecule has 0 radical (unpaired) electrons. The van der Waals surface area contributed by atoms with E-state index in [9.17, 15) is 9.90 Å². The van der Waals surface area contributed by atoms with Gasteiger partial charge < -0.3 is 10.2 Å². The fourth-order valence-corrected chi connectivity index (χ4v) is 1.23. The normalized spacial score (nSPS) is 10.0. The molecule has 2 N–H and O–H groups in total. The number of aliphatic carboxylic acids is 1. The summed E-state index contributed by atoms with van der Waals surface area (Å²) in [6.45, 7) is 0. The number of hydrogen-bond acceptors (Lipinski definition) is 2. The molecule has 1 aromatic carbocycles. The maximum absolute atomic E-state index is 10.3. The molecule has 0 heterocycles. The third kappa shape index (κ3) is 2.50. The van der Waals surface area contributed by atoms with Crippen molar-refractivity contribution in [3.05, 3.63) is 27.7 Å². The van der Waals surface area contributed by atoms with E-state index < -0.39 is 5.97 Å². The van der Waals surface area contributed by atoms with Crippen LogP contribution in [0.4, 0.5) is 0 Å². The molecule has 0 bridgehead atoms. The van der Waals surface area contributed by atoms with Crippen molar-refractivity contribution in [3.8, 4) is 5.75 Å². The lowest BCUT2D eigenvalue weighted by molar-refractivity contribution is -0.136. The van der Waals surface area contributed by atoms with Gasteiger partial charge in [0.25, 0.3) is 0 Å². The van der Waals surface area contributed by atoms with Gasteiger partial charge in [-0.05, 0) is 6.07 Å². The monoisotopic (exact) mass is 220 g/mol. The van der Waals surface area contributed by atoms with E-state index in [0.29, 0.717) is 0 Å². The second-order valence-electron chi connectivity index (χ2n) is 2.47. The first kappa shape index (κ1) is 10.2. The number of rotatable bonds is 2. The molecule has 5 heteroatoms. The van der Waals surface area contributed by atoms with Crippen LogP contribution in [-0.2, 0) is 11.2 Å². The van der Waals surface area contributed by atoms with E-state index in [1.165, 1.54) is 12.1 Å². The van der Waals surface area contributed by atoms with Crippen molar-refractivity contribution in [2.75, 3.05) is 0 Å². The summed E-state index contributed by atoms with van der Waals surface area (Å²) in [5, 5.41) is 18.2. The van der Waals surface area contributed by atoms with Gasteiger partial charge in [0.15, 0.2) is 0 Å². The van der Waals surface area contributed by atoms with Crippen LogP contribution in [0.3, 0.4) is 0 Å². The van der Waals surface area contributed by atoms with Crippen LogP contribution in [-0.4, -0.2) is 16.2 Å². The van der Waals surface area contributed by atoms with Crippen LogP contribution in [0.15, 0.2) is 12.1 Å². The van der Waals surface area contributed by atoms with E-state index in [4.69, 9.17) is 28.3 Å². The first-order valence-electron chi connectivity index (χ1n) is 3.39. The Hall–Kier alpha value is -0.930. The summed E-state index contributed by atoms with van der Waals surface area (Å²) < 4.78 is 0. The zero-order valence-corrected chi connectivity index (χ0v) is 7.93. The zero-order chi connectivity index (χ0) is 10.0. The van der Waals surface area contributed by atoms with Gasteiger partial charge in [-0.2, -0.15) is 0 Å². The van der Waals surface area contributed by atoms with Crippen LogP contribution in [0, 0.1) is 0 Å². The molecule has 0 aliphatic carbocycles. The first-order chi connectivity index (χ1) is 6.00. The molecule has 3 nitrogen and oxygen atoms in total. The largest absolute Gasteiger partial charge is 0.508 e. The number of carbonyl (C=O) groups is 1. The third-order valence-corrected chi connectivity index (χ3v) is 2.19. The summed E-state index contributed by atoms with van der Waals surface area (Å²) in [7, 11) is 0. The average Bonchev–Trinajstić information content (AvgIpc) is 1.99. The number of phenolic OH excluding ortho intramolecular Hbond substituents is 1. The van der Waals surface area contributed by atoms with Crippen LogP contribution < -0.4 is 0 Å². The maximum atomic E-state index is 10.3. The van der Waals surface area contributed by atoms with Crippen LogP contribution >= 0.6 is 23.2 Å². The minimum Gasteiger partial charge on any atom is -0.508 e. The van der Waals surface area contributed by atoms with Crippen molar-refractivity contribution in [2.45, 2.75) is 6.42 Å². The predicted octanol–water partition coefficient (Wildman–Crippen LogP) is 2.33. The first-order valence-corrected chi connectivity index (χ1v) is 4.15. The molecule has 0 aromatic heterocycles.